The highest BCUT2D eigenvalue weighted by Crippen LogP contribution is 2.18. The van der Waals surface area contributed by atoms with E-state index in [9.17, 15) is 9.18 Å². The maximum Gasteiger partial charge on any atom is 0.252 e. The van der Waals surface area contributed by atoms with Crippen molar-refractivity contribution >= 4 is 10.9 Å². The molecule has 9 heteroatoms. The smallest absolute Gasteiger partial charge is 0.252 e. The predicted molar refractivity (Wildman–Crippen MR) is 126 cm³/mol. The Hall–Kier alpha value is -3.43. The van der Waals surface area contributed by atoms with E-state index in [0.717, 1.165) is 41.5 Å². The number of rotatable bonds is 8. The van der Waals surface area contributed by atoms with E-state index in [1.54, 1.807) is 16.8 Å². The number of benzene rings is 2. The van der Waals surface area contributed by atoms with E-state index in [0.29, 0.717) is 37.6 Å². The van der Waals surface area contributed by atoms with Crippen LogP contribution >= 0.6 is 0 Å². The average molecular weight is 463 g/mol. The zero-order valence-electron chi connectivity index (χ0n) is 19.1. The van der Waals surface area contributed by atoms with Gasteiger partial charge in [0.1, 0.15) is 5.82 Å². The molecule has 1 aliphatic rings. The van der Waals surface area contributed by atoms with Crippen molar-refractivity contribution in [2.24, 2.45) is 0 Å². The lowest BCUT2D eigenvalue weighted by atomic mass is 10.1. The van der Waals surface area contributed by atoms with Crippen LogP contribution in [0.1, 0.15) is 35.4 Å². The lowest BCUT2D eigenvalue weighted by Crippen LogP contribution is -2.34. The lowest BCUT2D eigenvalue weighted by molar-refractivity contribution is 0.0663. The summed E-state index contributed by atoms with van der Waals surface area (Å²) < 4.78 is 20.9. The Morgan fingerprint density at radius 1 is 1.18 bits per heavy atom. The minimum atomic E-state index is -0.278. The van der Waals surface area contributed by atoms with Gasteiger partial charge in [-0.3, -0.25) is 9.69 Å². The van der Waals surface area contributed by atoms with Gasteiger partial charge in [0.2, 0.25) is 0 Å². The Balaban J connectivity index is 1.39. The fourth-order valence-electron chi connectivity index (χ4n) is 4.41. The molecule has 1 fully saturated rings. The predicted octanol–water partition coefficient (Wildman–Crippen LogP) is 3.19. The summed E-state index contributed by atoms with van der Waals surface area (Å²) in [5, 5.41) is 13.2. The standard InChI is InChI=1S/C25H27FN6O2/c1-17-4-9-23-19(11-17)12-20(25(33)27-23)14-31(15-22-3-2-10-34-22)16-24-28-29-30-32(24)13-18-5-7-21(26)8-6-18/h4-9,11-12,22H,2-3,10,13-16H2,1H3,(H,27,33). The largest absolute Gasteiger partial charge is 0.377 e. The first-order chi connectivity index (χ1) is 16.5. The zero-order chi connectivity index (χ0) is 23.5. The summed E-state index contributed by atoms with van der Waals surface area (Å²) in [6.45, 7) is 4.81. The Kier molecular flexibility index (Phi) is 6.46. The third-order valence-electron chi connectivity index (χ3n) is 6.17. The van der Waals surface area contributed by atoms with Crippen LogP contribution in [0.5, 0.6) is 0 Å². The van der Waals surface area contributed by atoms with Crippen molar-refractivity contribution in [2.45, 2.75) is 45.5 Å². The maximum absolute atomic E-state index is 13.3. The fourth-order valence-corrected chi connectivity index (χ4v) is 4.41. The van der Waals surface area contributed by atoms with Crippen LogP contribution in [0.15, 0.2) is 53.3 Å². The Morgan fingerprint density at radius 3 is 2.82 bits per heavy atom. The summed E-state index contributed by atoms with van der Waals surface area (Å²) in [7, 11) is 0. The molecule has 34 heavy (non-hydrogen) atoms. The topological polar surface area (TPSA) is 88.9 Å². The monoisotopic (exact) mass is 462 g/mol. The second kappa shape index (κ2) is 9.82. The third kappa shape index (κ3) is 5.21. The van der Waals surface area contributed by atoms with Crippen molar-refractivity contribution in [3.8, 4) is 0 Å². The number of halogens is 1. The minimum Gasteiger partial charge on any atom is -0.377 e. The van der Waals surface area contributed by atoms with Gasteiger partial charge in [-0.05, 0) is 71.5 Å². The number of aromatic nitrogens is 5. The Bertz CT molecular complexity index is 1330. The van der Waals surface area contributed by atoms with Gasteiger partial charge < -0.3 is 9.72 Å². The number of hydrogen-bond donors (Lipinski definition) is 1. The first-order valence-corrected chi connectivity index (χ1v) is 11.5. The van der Waals surface area contributed by atoms with Gasteiger partial charge in [-0.2, -0.15) is 0 Å². The molecule has 8 nitrogen and oxygen atoms in total. The first-order valence-electron chi connectivity index (χ1n) is 11.5. The normalized spacial score (nSPS) is 16.0. The molecular weight excluding hydrogens is 435 g/mol. The van der Waals surface area contributed by atoms with Gasteiger partial charge in [0, 0.05) is 30.8 Å². The number of ether oxygens (including phenoxy) is 1. The molecule has 1 N–H and O–H groups in total. The number of hydrogen-bond acceptors (Lipinski definition) is 6. The van der Waals surface area contributed by atoms with Crippen molar-refractivity contribution < 1.29 is 9.13 Å². The third-order valence-corrected chi connectivity index (χ3v) is 6.17. The number of pyridine rings is 1. The summed E-state index contributed by atoms with van der Waals surface area (Å²) >= 11 is 0. The molecule has 2 aromatic heterocycles. The highest BCUT2D eigenvalue weighted by Gasteiger charge is 2.22. The van der Waals surface area contributed by atoms with Gasteiger partial charge in [0.05, 0.1) is 19.2 Å². The highest BCUT2D eigenvalue weighted by molar-refractivity contribution is 5.79. The van der Waals surface area contributed by atoms with Crippen LogP contribution in [0.3, 0.4) is 0 Å². The van der Waals surface area contributed by atoms with Gasteiger partial charge in [-0.25, -0.2) is 9.07 Å². The molecule has 0 bridgehead atoms. The number of nitrogens with one attached hydrogen (secondary N) is 1. The van der Waals surface area contributed by atoms with Crippen LogP contribution in [-0.4, -0.2) is 49.3 Å². The van der Waals surface area contributed by atoms with Crippen LogP contribution in [0.4, 0.5) is 4.39 Å². The maximum atomic E-state index is 13.3. The van der Waals surface area contributed by atoms with E-state index in [1.165, 1.54) is 12.1 Å². The van der Waals surface area contributed by atoms with Crippen LogP contribution in [0.25, 0.3) is 10.9 Å². The lowest BCUT2D eigenvalue weighted by Gasteiger charge is -2.24. The molecule has 1 aliphatic heterocycles. The van der Waals surface area contributed by atoms with Crippen LogP contribution in [0.2, 0.25) is 0 Å². The van der Waals surface area contributed by atoms with Crippen LogP contribution in [0, 0.1) is 12.7 Å². The zero-order valence-corrected chi connectivity index (χ0v) is 19.1. The number of fused-ring (bicyclic) bond motifs is 1. The highest BCUT2D eigenvalue weighted by atomic mass is 19.1. The average Bonchev–Trinajstić information content (AvgIpc) is 3.48. The summed E-state index contributed by atoms with van der Waals surface area (Å²) in [6.07, 6.45) is 2.14. The second-order valence-corrected chi connectivity index (χ2v) is 8.90. The SMILES string of the molecule is Cc1ccc2[nH]c(=O)c(CN(Cc3nnnn3Cc3ccc(F)cc3)CC3CCCO3)cc2c1. The molecule has 4 aromatic rings. The molecule has 3 heterocycles. The van der Waals surface area contributed by atoms with Crippen molar-refractivity contribution in [1.29, 1.82) is 0 Å². The molecular formula is C25H27FN6O2. The van der Waals surface area contributed by atoms with E-state index in [4.69, 9.17) is 4.74 Å². The molecule has 1 saturated heterocycles. The Morgan fingerprint density at radius 2 is 2.03 bits per heavy atom. The summed E-state index contributed by atoms with van der Waals surface area (Å²) in [5.41, 5.74) is 3.46. The molecule has 0 saturated carbocycles. The van der Waals surface area contributed by atoms with Gasteiger partial charge in [0.25, 0.3) is 5.56 Å². The fraction of sp³-hybridized carbons (Fsp3) is 0.360. The summed E-state index contributed by atoms with van der Waals surface area (Å²) in [6, 6.07) is 14.3. The molecule has 0 radical (unpaired) electrons. The van der Waals surface area contributed by atoms with Crippen molar-refractivity contribution in [2.75, 3.05) is 13.2 Å². The van der Waals surface area contributed by atoms with Crippen molar-refractivity contribution in [1.82, 2.24) is 30.1 Å². The number of aromatic amines is 1. The first kappa shape index (κ1) is 22.4. The number of nitrogens with zero attached hydrogens (tertiary/aromatic N) is 5. The van der Waals surface area contributed by atoms with Crippen LogP contribution in [-0.2, 0) is 24.4 Å². The van der Waals surface area contributed by atoms with Crippen molar-refractivity contribution in [3.63, 3.8) is 0 Å². The molecule has 0 spiro atoms. The molecule has 176 valence electrons. The molecule has 0 amide bonds. The summed E-state index contributed by atoms with van der Waals surface area (Å²) in [4.78, 5) is 18.0. The number of aryl methyl sites for hydroxylation is 1. The Labute approximate surface area is 196 Å². The molecule has 0 aliphatic carbocycles. The van der Waals surface area contributed by atoms with Gasteiger partial charge in [-0.1, -0.05) is 23.8 Å². The van der Waals surface area contributed by atoms with E-state index in [1.807, 2.05) is 25.1 Å². The van der Waals surface area contributed by atoms with Gasteiger partial charge in [-0.15, -0.1) is 5.10 Å². The van der Waals surface area contributed by atoms with Crippen LogP contribution < -0.4 is 5.56 Å². The second-order valence-electron chi connectivity index (χ2n) is 8.90. The number of tetrazole rings is 1. The van der Waals surface area contributed by atoms with E-state index in [-0.39, 0.29) is 17.5 Å². The molecule has 5 rings (SSSR count). The molecule has 2 aromatic carbocycles. The summed E-state index contributed by atoms with van der Waals surface area (Å²) in [5.74, 6) is 0.398. The molecule has 1 unspecified atom stereocenters. The van der Waals surface area contributed by atoms with Gasteiger partial charge >= 0.3 is 0 Å². The van der Waals surface area contributed by atoms with E-state index >= 15 is 0 Å². The van der Waals surface area contributed by atoms with E-state index < -0.39 is 0 Å². The number of H-pyrrole nitrogens is 1. The van der Waals surface area contributed by atoms with Crippen molar-refractivity contribution in [3.05, 3.63) is 87.2 Å². The quantitative estimate of drug-likeness (QED) is 0.433. The molecule has 1 atom stereocenters. The van der Waals surface area contributed by atoms with Gasteiger partial charge in [0.15, 0.2) is 5.82 Å². The minimum absolute atomic E-state index is 0.0976. The van der Waals surface area contributed by atoms with E-state index in [2.05, 4.69) is 31.5 Å².